The first-order chi connectivity index (χ1) is 15.5. The summed E-state index contributed by atoms with van der Waals surface area (Å²) in [6, 6.07) is 10.9. The standard InChI is InChI=1S/C24H32FN3O4S/c1-16-14-28(15-17(2)32-16)23-11-6-19(12-22(23)25)13-26-24(29)27(4)18(3)20-7-9-21(10-8-20)33(5,30)31/h6-12,16-18H,13-15H2,1-5H3,(H,26,29). The van der Waals surface area contributed by atoms with Gasteiger partial charge in [0.05, 0.1) is 28.8 Å². The van der Waals surface area contributed by atoms with Crippen molar-refractivity contribution >= 4 is 21.6 Å². The lowest BCUT2D eigenvalue weighted by molar-refractivity contribution is -0.00539. The number of amides is 2. The van der Waals surface area contributed by atoms with Crippen LogP contribution < -0.4 is 10.2 Å². The lowest BCUT2D eigenvalue weighted by Gasteiger charge is -2.37. The second kappa shape index (κ2) is 10.1. The second-order valence-corrected chi connectivity index (χ2v) is 10.8. The minimum atomic E-state index is -3.27. The molecule has 1 saturated heterocycles. The summed E-state index contributed by atoms with van der Waals surface area (Å²) in [6.45, 7) is 7.25. The number of benzene rings is 2. The van der Waals surface area contributed by atoms with Gasteiger partial charge in [-0.05, 0) is 56.2 Å². The third-order valence-electron chi connectivity index (χ3n) is 5.91. The van der Waals surface area contributed by atoms with Crippen LogP contribution in [0.2, 0.25) is 0 Å². The molecule has 9 heteroatoms. The van der Waals surface area contributed by atoms with E-state index in [2.05, 4.69) is 5.32 Å². The quantitative estimate of drug-likeness (QED) is 0.686. The van der Waals surface area contributed by atoms with Crippen molar-refractivity contribution in [3.63, 3.8) is 0 Å². The van der Waals surface area contributed by atoms with Crippen LogP contribution in [0.1, 0.15) is 37.9 Å². The Hall–Kier alpha value is -2.65. The fourth-order valence-corrected chi connectivity index (χ4v) is 4.62. The topological polar surface area (TPSA) is 79.0 Å². The van der Waals surface area contributed by atoms with Gasteiger partial charge in [-0.15, -0.1) is 0 Å². The van der Waals surface area contributed by atoms with Crippen LogP contribution in [0.15, 0.2) is 47.4 Å². The van der Waals surface area contributed by atoms with Gasteiger partial charge in [-0.25, -0.2) is 17.6 Å². The Morgan fingerprint density at radius 2 is 1.79 bits per heavy atom. The molecule has 0 spiro atoms. The number of nitrogens with zero attached hydrogens (tertiary/aromatic N) is 2. The number of ether oxygens (including phenoxy) is 1. The van der Waals surface area contributed by atoms with E-state index < -0.39 is 9.84 Å². The van der Waals surface area contributed by atoms with E-state index in [9.17, 15) is 17.6 Å². The van der Waals surface area contributed by atoms with E-state index in [1.165, 1.54) is 23.1 Å². The maximum Gasteiger partial charge on any atom is 0.317 e. The molecule has 0 radical (unpaired) electrons. The number of morpholine rings is 1. The summed E-state index contributed by atoms with van der Waals surface area (Å²) in [5, 5.41) is 2.82. The van der Waals surface area contributed by atoms with E-state index in [1.54, 1.807) is 25.2 Å². The van der Waals surface area contributed by atoms with Crippen molar-refractivity contribution in [2.24, 2.45) is 0 Å². The molecule has 1 aliphatic rings. The SMILES string of the molecule is CC1CN(c2ccc(CNC(=O)N(C)C(C)c3ccc(S(C)(=O)=O)cc3)cc2F)CC(C)O1. The highest BCUT2D eigenvalue weighted by molar-refractivity contribution is 7.90. The van der Waals surface area contributed by atoms with Crippen LogP contribution >= 0.6 is 0 Å². The number of anilines is 1. The van der Waals surface area contributed by atoms with E-state index in [0.29, 0.717) is 24.3 Å². The van der Waals surface area contributed by atoms with Crippen LogP contribution in [0.5, 0.6) is 0 Å². The number of carbonyl (C=O) groups excluding carboxylic acids is 1. The zero-order valence-corrected chi connectivity index (χ0v) is 20.5. The van der Waals surface area contributed by atoms with Crippen LogP contribution in [-0.4, -0.2) is 57.9 Å². The van der Waals surface area contributed by atoms with Gasteiger partial charge in [-0.2, -0.15) is 0 Å². The number of urea groups is 1. The fourth-order valence-electron chi connectivity index (χ4n) is 3.99. The molecular formula is C24H32FN3O4S. The number of hydrogen-bond acceptors (Lipinski definition) is 5. The molecule has 3 unspecified atom stereocenters. The molecule has 0 bridgehead atoms. The van der Waals surface area contributed by atoms with E-state index in [1.807, 2.05) is 31.7 Å². The summed E-state index contributed by atoms with van der Waals surface area (Å²) in [6.07, 6.45) is 1.22. The Kier molecular flexibility index (Phi) is 7.64. The zero-order valence-electron chi connectivity index (χ0n) is 19.7. The largest absolute Gasteiger partial charge is 0.372 e. The fraction of sp³-hybridized carbons (Fsp3) is 0.458. The summed E-state index contributed by atoms with van der Waals surface area (Å²) >= 11 is 0. The van der Waals surface area contributed by atoms with Crippen LogP contribution in [0.3, 0.4) is 0 Å². The van der Waals surface area contributed by atoms with E-state index in [-0.39, 0.29) is 41.5 Å². The van der Waals surface area contributed by atoms with Crippen molar-refractivity contribution in [3.8, 4) is 0 Å². The van der Waals surface area contributed by atoms with Crippen molar-refractivity contribution in [2.45, 2.75) is 50.5 Å². The van der Waals surface area contributed by atoms with Crippen LogP contribution in [0.25, 0.3) is 0 Å². The molecule has 2 aromatic rings. The first-order valence-corrected chi connectivity index (χ1v) is 12.8. The first kappa shape index (κ1) is 25.0. The zero-order chi connectivity index (χ0) is 24.3. The van der Waals surface area contributed by atoms with E-state index >= 15 is 0 Å². The molecule has 0 aliphatic carbocycles. The second-order valence-electron chi connectivity index (χ2n) is 8.73. The molecule has 2 aromatic carbocycles. The van der Waals surface area contributed by atoms with Crippen molar-refractivity contribution in [1.29, 1.82) is 0 Å². The molecule has 33 heavy (non-hydrogen) atoms. The highest BCUT2D eigenvalue weighted by Gasteiger charge is 2.24. The monoisotopic (exact) mass is 477 g/mol. The number of halogens is 1. The smallest absolute Gasteiger partial charge is 0.317 e. The van der Waals surface area contributed by atoms with Crippen molar-refractivity contribution < 1.29 is 22.3 Å². The van der Waals surface area contributed by atoms with Gasteiger partial charge in [-0.1, -0.05) is 18.2 Å². The summed E-state index contributed by atoms with van der Waals surface area (Å²) in [5.74, 6) is -0.323. The maximum absolute atomic E-state index is 14.8. The summed E-state index contributed by atoms with van der Waals surface area (Å²) < 4.78 is 43.8. The molecular weight excluding hydrogens is 445 g/mol. The van der Waals surface area contributed by atoms with Gasteiger partial charge >= 0.3 is 6.03 Å². The Morgan fingerprint density at radius 1 is 1.18 bits per heavy atom. The molecule has 1 fully saturated rings. The Labute approximate surface area is 195 Å². The molecule has 0 aromatic heterocycles. The van der Waals surface area contributed by atoms with Crippen LogP contribution in [0.4, 0.5) is 14.9 Å². The minimum Gasteiger partial charge on any atom is -0.372 e. The first-order valence-electron chi connectivity index (χ1n) is 10.9. The predicted molar refractivity (Wildman–Crippen MR) is 127 cm³/mol. The van der Waals surface area contributed by atoms with Crippen LogP contribution in [0, 0.1) is 5.82 Å². The number of nitrogens with one attached hydrogen (secondary N) is 1. The molecule has 1 aliphatic heterocycles. The molecule has 1 heterocycles. The Morgan fingerprint density at radius 3 is 2.33 bits per heavy atom. The van der Waals surface area contributed by atoms with Gasteiger partial charge in [0, 0.05) is 32.9 Å². The van der Waals surface area contributed by atoms with Crippen LogP contribution in [-0.2, 0) is 21.1 Å². The van der Waals surface area contributed by atoms with E-state index in [0.717, 1.165) is 11.8 Å². The van der Waals surface area contributed by atoms with Gasteiger partial charge < -0.3 is 19.9 Å². The average molecular weight is 478 g/mol. The normalized spacial score (nSPS) is 19.8. The number of carbonyl (C=O) groups is 1. The van der Waals surface area contributed by atoms with E-state index in [4.69, 9.17) is 4.74 Å². The highest BCUT2D eigenvalue weighted by atomic mass is 32.2. The predicted octanol–water partition coefficient (Wildman–Crippen LogP) is 3.75. The van der Waals surface area contributed by atoms with Gasteiger partial charge in [0.15, 0.2) is 9.84 Å². The summed E-state index contributed by atoms with van der Waals surface area (Å²) in [4.78, 5) is 16.4. The van der Waals surface area contributed by atoms with Crippen molar-refractivity contribution in [1.82, 2.24) is 10.2 Å². The third-order valence-corrected chi connectivity index (χ3v) is 7.04. The average Bonchev–Trinajstić information content (AvgIpc) is 2.75. The number of hydrogen-bond donors (Lipinski definition) is 1. The maximum atomic E-state index is 14.8. The minimum absolute atomic E-state index is 0.0345. The lowest BCUT2D eigenvalue weighted by Crippen LogP contribution is -2.45. The molecule has 180 valence electrons. The Balaban J connectivity index is 1.60. The number of sulfone groups is 1. The van der Waals surface area contributed by atoms with Gasteiger partial charge in [0.2, 0.25) is 0 Å². The summed E-state index contributed by atoms with van der Waals surface area (Å²) in [5.41, 5.74) is 2.01. The highest BCUT2D eigenvalue weighted by Crippen LogP contribution is 2.25. The van der Waals surface area contributed by atoms with Crippen molar-refractivity contribution in [2.75, 3.05) is 31.3 Å². The van der Waals surface area contributed by atoms with Gasteiger partial charge in [-0.3, -0.25) is 0 Å². The Bertz CT molecular complexity index is 1080. The molecule has 0 saturated carbocycles. The molecule has 3 rings (SSSR count). The van der Waals surface area contributed by atoms with Gasteiger partial charge in [0.25, 0.3) is 0 Å². The summed E-state index contributed by atoms with van der Waals surface area (Å²) in [7, 11) is -1.61. The molecule has 1 N–H and O–H groups in total. The lowest BCUT2D eigenvalue weighted by atomic mass is 10.1. The third kappa shape index (κ3) is 6.23. The number of rotatable bonds is 6. The van der Waals surface area contributed by atoms with Gasteiger partial charge in [0.1, 0.15) is 5.82 Å². The molecule has 7 nitrogen and oxygen atoms in total. The molecule has 2 amide bonds. The molecule has 3 atom stereocenters. The van der Waals surface area contributed by atoms with Crippen molar-refractivity contribution in [3.05, 3.63) is 59.4 Å².